The molecule has 1 aliphatic carbocycles. The molecular formula is C25H39N3O3S. The molecule has 1 aromatic carbocycles. The maximum atomic E-state index is 12.9. The number of hydrogen-bond acceptors (Lipinski definition) is 4. The highest BCUT2D eigenvalue weighted by atomic mass is 32.2. The van der Waals surface area contributed by atoms with E-state index in [1.807, 2.05) is 35.2 Å². The molecule has 0 saturated carbocycles. The Morgan fingerprint density at radius 2 is 1.78 bits per heavy atom. The Hall–Kier alpha value is -1.70. The van der Waals surface area contributed by atoms with Crippen LogP contribution in [0.2, 0.25) is 0 Å². The van der Waals surface area contributed by atoms with E-state index in [1.54, 1.807) is 0 Å². The molecule has 1 aliphatic heterocycles. The zero-order valence-corrected chi connectivity index (χ0v) is 20.8. The quantitative estimate of drug-likeness (QED) is 0.604. The summed E-state index contributed by atoms with van der Waals surface area (Å²) in [5, 5.41) is 0. The van der Waals surface area contributed by atoms with Crippen molar-refractivity contribution in [1.82, 2.24) is 14.5 Å². The zero-order chi connectivity index (χ0) is 23.3. The highest BCUT2D eigenvalue weighted by Gasteiger charge is 2.34. The van der Waals surface area contributed by atoms with Crippen molar-refractivity contribution in [3.05, 3.63) is 47.5 Å². The summed E-state index contributed by atoms with van der Waals surface area (Å²) in [7, 11) is -1.30. The lowest BCUT2D eigenvalue weighted by atomic mass is 9.70. The molecule has 1 heterocycles. The van der Waals surface area contributed by atoms with Crippen LogP contribution in [0.3, 0.4) is 0 Å². The lowest BCUT2D eigenvalue weighted by Gasteiger charge is -2.38. The number of carbonyl (C=O) groups excluding carboxylic acids is 1. The van der Waals surface area contributed by atoms with Gasteiger partial charge in [-0.25, -0.2) is 13.1 Å². The number of hydrogen-bond donors (Lipinski definition) is 1. The van der Waals surface area contributed by atoms with Crippen molar-refractivity contribution in [2.75, 3.05) is 39.8 Å². The largest absolute Gasteiger partial charge is 0.340 e. The fourth-order valence-corrected chi connectivity index (χ4v) is 6.15. The lowest BCUT2D eigenvalue weighted by Crippen LogP contribution is -2.47. The molecule has 178 valence electrons. The van der Waals surface area contributed by atoms with Gasteiger partial charge in [0.1, 0.15) is 0 Å². The molecule has 1 aromatic rings. The van der Waals surface area contributed by atoms with Gasteiger partial charge in [0, 0.05) is 39.1 Å². The fourth-order valence-electron chi connectivity index (χ4n) is 4.97. The number of amides is 1. The third-order valence-corrected chi connectivity index (χ3v) is 8.42. The van der Waals surface area contributed by atoms with Gasteiger partial charge < -0.3 is 9.80 Å². The summed E-state index contributed by atoms with van der Waals surface area (Å²) in [6.45, 7) is 10.4. The summed E-state index contributed by atoms with van der Waals surface area (Å²) in [6.07, 6.45) is 3.72. The Morgan fingerprint density at radius 1 is 1.12 bits per heavy atom. The second-order valence-electron chi connectivity index (χ2n) is 9.90. The van der Waals surface area contributed by atoms with Gasteiger partial charge in [0.05, 0.1) is 5.75 Å². The van der Waals surface area contributed by atoms with Crippen LogP contribution in [-0.2, 0) is 20.6 Å². The van der Waals surface area contributed by atoms with E-state index in [4.69, 9.17) is 0 Å². The first-order valence-electron chi connectivity index (χ1n) is 11.8. The molecule has 0 radical (unpaired) electrons. The number of benzene rings is 1. The Bertz CT molecular complexity index is 890. The van der Waals surface area contributed by atoms with Crippen LogP contribution in [0, 0.1) is 23.7 Å². The molecule has 32 heavy (non-hydrogen) atoms. The zero-order valence-electron chi connectivity index (χ0n) is 20.0. The summed E-state index contributed by atoms with van der Waals surface area (Å²) < 4.78 is 28.1. The Kier molecular flexibility index (Phi) is 8.53. The van der Waals surface area contributed by atoms with E-state index in [9.17, 15) is 13.2 Å². The summed E-state index contributed by atoms with van der Waals surface area (Å²) in [5.74, 6) is 1.41. The Morgan fingerprint density at radius 3 is 2.41 bits per heavy atom. The number of sulfonamides is 1. The Labute approximate surface area is 194 Å². The minimum absolute atomic E-state index is 0.00223. The molecule has 3 atom stereocenters. The number of carbonyl (C=O) groups is 1. The van der Waals surface area contributed by atoms with Crippen molar-refractivity contribution in [2.45, 2.75) is 39.4 Å². The van der Waals surface area contributed by atoms with Gasteiger partial charge in [-0.05, 0) is 49.6 Å². The normalized spacial score (nSPS) is 25.1. The van der Waals surface area contributed by atoms with Crippen LogP contribution in [-0.4, -0.2) is 63.9 Å². The maximum absolute atomic E-state index is 12.9. The van der Waals surface area contributed by atoms with Gasteiger partial charge in [0.25, 0.3) is 0 Å². The van der Waals surface area contributed by atoms with E-state index in [2.05, 4.69) is 43.5 Å². The van der Waals surface area contributed by atoms with Crippen molar-refractivity contribution in [3.8, 4) is 0 Å². The molecule has 0 aromatic heterocycles. The predicted molar refractivity (Wildman–Crippen MR) is 129 cm³/mol. The van der Waals surface area contributed by atoms with Gasteiger partial charge in [-0.2, -0.15) is 0 Å². The highest BCUT2D eigenvalue weighted by molar-refractivity contribution is 7.88. The summed E-state index contributed by atoms with van der Waals surface area (Å²) in [6, 6.07) is 9.27. The fraction of sp³-hybridized carbons (Fsp3) is 0.640. The Balaban J connectivity index is 1.61. The van der Waals surface area contributed by atoms with E-state index < -0.39 is 10.0 Å². The van der Waals surface area contributed by atoms with Crippen LogP contribution in [0.1, 0.15) is 39.2 Å². The first kappa shape index (κ1) is 24.9. The van der Waals surface area contributed by atoms with Crippen molar-refractivity contribution in [1.29, 1.82) is 0 Å². The van der Waals surface area contributed by atoms with Crippen molar-refractivity contribution in [3.63, 3.8) is 0 Å². The van der Waals surface area contributed by atoms with E-state index in [-0.39, 0.29) is 23.5 Å². The van der Waals surface area contributed by atoms with E-state index in [0.29, 0.717) is 24.8 Å². The molecule has 1 amide bonds. The molecule has 1 saturated heterocycles. The number of nitrogens with zero attached hydrogens (tertiary/aromatic N) is 2. The lowest BCUT2D eigenvalue weighted by molar-refractivity contribution is -0.133. The average molecular weight is 462 g/mol. The molecule has 0 bridgehead atoms. The topological polar surface area (TPSA) is 69.7 Å². The SMILES string of the molecule is CC1=C[C@@H](CNS(=O)(=O)Cc2ccccc2)[C@H](C(C)C)C[C@H]1CC(=O)N1CCN(C)CC1. The highest BCUT2D eigenvalue weighted by Crippen LogP contribution is 2.39. The number of nitrogens with one attached hydrogen (secondary N) is 1. The third-order valence-electron chi connectivity index (χ3n) is 7.10. The van der Waals surface area contributed by atoms with Gasteiger partial charge in [-0.15, -0.1) is 0 Å². The van der Waals surface area contributed by atoms with Crippen molar-refractivity contribution < 1.29 is 13.2 Å². The van der Waals surface area contributed by atoms with Crippen LogP contribution in [0.25, 0.3) is 0 Å². The van der Waals surface area contributed by atoms with Gasteiger partial charge >= 0.3 is 0 Å². The van der Waals surface area contributed by atoms with E-state index in [1.165, 1.54) is 5.57 Å². The van der Waals surface area contributed by atoms with Crippen molar-refractivity contribution >= 4 is 15.9 Å². The molecule has 1 N–H and O–H groups in total. The number of rotatable bonds is 8. The average Bonchev–Trinajstić information content (AvgIpc) is 2.74. The van der Waals surface area contributed by atoms with Crippen molar-refractivity contribution in [2.24, 2.45) is 23.7 Å². The smallest absolute Gasteiger partial charge is 0.223 e. The molecule has 0 unspecified atom stereocenters. The van der Waals surface area contributed by atoms with Gasteiger partial charge in [0.2, 0.25) is 15.9 Å². The van der Waals surface area contributed by atoms with Crippen LogP contribution >= 0.6 is 0 Å². The van der Waals surface area contributed by atoms with Gasteiger partial charge in [0.15, 0.2) is 0 Å². The number of piperazine rings is 1. The second-order valence-corrected chi connectivity index (χ2v) is 11.7. The first-order valence-corrected chi connectivity index (χ1v) is 13.5. The van der Waals surface area contributed by atoms with Crippen LogP contribution < -0.4 is 4.72 Å². The monoisotopic (exact) mass is 461 g/mol. The molecule has 0 spiro atoms. The van der Waals surface area contributed by atoms with Gasteiger partial charge in [-0.3, -0.25) is 4.79 Å². The molecule has 3 rings (SSSR count). The van der Waals surface area contributed by atoms with Crippen LogP contribution in [0.15, 0.2) is 42.0 Å². The number of likely N-dealkylation sites (N-methyl/N-ethyl adjacent to an activating group) is 1. The predicted octanol–water partition coefficient (Wildman–Crippen LogP) is 3.12. The summed E-state index contributed by atoms with van der Waals surface area (Å²) >= 11 is 0. The van der Waals surface area contributed by atoms with Crippen LogP contribution in [0.5, 0.6) is 0 Å². The summed E-state index contributed by atoms with van der Waals surface area (Å²) in [5.41, 5.74) is 2.01. The van der Waals surface area contributed by atoms with E-state index in [0.717, 1.165) is 38.2 Å². The van der Waals surface area contributed by atoms with Gasteiger partial charge in [-0.1, -0.05) is 55.8 Å². The molecule has 2 aliphatic rings. The minimum Gasteiger partial charge on any atom is -0.340 e. The standard InChI is InChI=1S/C25H39N3O3S/c1-19(2)24-15-22(16-25(29)28-12-10-27(4)11-13-28)20(3)14-23(24)17-26-32(30,31)18-21-8-6-5-7-9-21/h5-9,14,19,22-24,26H,10-13,15-18H2,1-4H3/t22-,23-,24-/m0/s1. The molecule has 1 fully saturated rings. The molecular weight excluding hydrogens is 422 g/mol. The van der Waals surface area contributed by atoms with E-state index >= 15 is 0 Å². The van der Waals surface area contributed by atoms with Crippen LogP contribution in [0.4, 0.5) is 0 Å². The third kappa shape index (κ3) is 6.90. The minimum atomic E-state index is -3.40. The number of allylic oxidation sites excluding steroid dienone is 1. The summed E-state index contributed by atoms with van der Waals surface area (Å²) in [4.78, 5) is 17.2. The first-order chi connectivity index (χ1) is 15.1. The maximum Gasteiger partial charge on any atom is 0.223 e. The molecule has 7 heteroatoms. The molecule has 6 nitrogen and oxygen atoms in total. The second kappa shape index (κ2) is 10.9.